The van der Waals surface area contributed by atoms with Gasteiger partial charge in [-0.1, -0.05) is 0 Å². The Kier molecular flexibility index (Phi) is 5.40. The van der Waals surface area contributed by atoms with Crippen LogP contribution in [0, 0.1) is 0 Å². The zero-order valence-electron chi connectivity index (χ0n) is 16.4. The van der Waals surface area contributed by atoms with Crippen molar-refractivity contribution in [3.05, 3.63) is 52.6 Å². The molecule has 0 saturated carbocycles. The van der Waals surface area contributed by atoms with Gasteiger partial charge in [-0.25, -0.2) is 4.39 Å². The maximum absolute atomic E-state index is 14.6. The molecule has 0 aromatic heterocycles. The second kappa shape index (κ2) is 7.62. The zero-order chi connectivity index (χ0) is 20.5. The fourth-order valence-corrected chi connectivity index (χ4v) is 3.44. The Hall–Kier alpha value is -2.89. The molecule has 28 heavy (non-hydrogen) atoms. The first kappa shape index (κ1) is 19.9. The van der Waals surface area contributed by atoms with E-state index in [4.69, 9.17) is 14.2 Å². The minimum atomic E-state index is -1.18. The number of hydrogen-bond acceptors (Lipinski definition) is 5. The topological polar surface area (TPSA) is 61.8 Å². The Morgan fingerprint density at radius 2 is 1.86 bits per heavy atom. The van der Waals surface area contributed by atoms with Crippen LogP contribution >= 0.6 is 0 Å². The number of rotatable bonds is 6. The molecule has 5 nitrogen and oxygen atoms in total. The van der Waals surface area contributed by atoms with Crippen molar-refractivity contribution >= 4 is 12.1 Å². The first-order valence-corrected chi connectivity index (χ1v) is 8.98. The second-order valence-corrected chi connectivity index (χ2v) is 7.42. The number of aldehydes is 1. The molecule has 0 aliphatic carbocycles. The van der Waals surface area contributed by atoms with Crippen molar-refractivity contribution < 1.29 is 28.2 Å². The van der Waals surface area contributed by atoms with Crippen LogP contribution in [0.2, 0.25) is 0 Å². The molecule has 6 heteroatoms. The van der Waals surface area contributed by atoms with Gasteiger partial charge in [-0.15, -0.1) is 0 Å². The number of Topliss-reactive ketones (excluding diaryl/α,β-unsaturated/α-hetero) is 1. The quantitative estimate of drug-likeness (QED) is 0.540. The number of halogens is 1. The van der Waals surface area contributed by atoms with Gasteiger partial charge in [-0.2, -0.15) is 0 Å². The molecule has 1 unspecified atom stereocenters. The molecule has 0 spiro atoms. The van der Waals surface area contributed by atoms with E-state index in [0.29, 0.717) is 40.2 Å². The number of benzene rings is 2. The number of alkyl halides is 1. The molecule has 0 saturated heterocycles. The molecule has 0 bridgehead atoms. The van der Waals surface area contributed by atoms with Gasteiger partial charge in [-0.3, -0.25) is 9.59 Å². The van der Waals surface area contributed by atoms with Crippen LogP contribution in [0.3, 0.4) is 0 Å². The molecule has 1 atom stereocenters. The van der Waals surface area contributed by atoms with Crippen LogP contribution in [0.15, 0.2) is 30.3 Å². The summed E-state index contributed by atoms with van der Waals surface area (Å²) in [5.41, 5.74) is 1.15. The Morgan fingerprint density at radius 3 is 2.43 bits per heavy atom. The van der Waals surface area contributed by atoms with E-state index in [1.165, 1.54) is 14.2 Å². The number of fused-ring (bicyclic) bond motifs is 1. The molecule has 0 radical (unpaired) electrons. The summed E-state index contributed by atoms with van der Waals surface area (Å²) in [5.74, 6) is 0.964. The summed E-state index contributed by atoms with van der Waals surface area (Å²) in [6.07, 6.45) is -0.235. The third-order valence-electron chi connectivity index (χ3n) is 4.81. The molecule has 3 rings (SSSR count). The number of ketones is 1. The highest BCUT2D eigenvalue weighted by Crippen LogP contribution is 2.42. The van der Waals surface area contributed by atoms with E-state index >= 15 is 0 Å². The summed E-state index contributed by atoms with van der Waals surface area (Å²) in [6.45, 7) is 3.68. The van der Waals surface area contributed by atoms with Gasteiger partial charge in [0.1, 0.15) is 29.0 Å². The Bertz CT molecular complexity index is 894. The molecule has 0 N–H and O–H groups in total. The smallest absolute Gasteiger partial charge is 0.167 e. The Labute approximate surface area is 163 Å². The predicted octanol–water partition coefficient (Wildman–Crippen LogP) is 4.51. The molecule has 2 aromatic carbocycles. The third-order valence-corrected chi connectivity index (χ3v) is 4.81. The van der Waals surface area contributed by atoms with Crippen molar-refractivity contribution in [2.45, 2.75) is 38.5 Å². The van der Waals surface area contributed by atoms with Crippen molar-refractivity contribution in [2.24, 2.45) is 0 Å². The van der Waals surface area contributed by atoms with E-state index in [1.54, 1.807) is 30.3 Å². The first-order valence-electron chi connectivity index (χ1n) is 8.98. The van der Waals surface area contributed by atoms with Crippen LogP contribution < -0.4 is 14.2 Å². The molecule has 148 valence electrons. The van der Waals surface area contributed by atoms with Crippen molar-refractivity contribution in [3.63, 3.8) is 0 Å². The second-order valence-electron chi connectivity index (χ2n) is 7.42. The number of carbonyl (C=O) groups excluding carboxylic acids is 2. The maximum atomic E-state index is 14.6. The predicted molar refractivity (Wildman–Crippen MR) is 103 cm³/mol. The minimum Gasteiger partial charge on any atom is -0.496 e. The molecule has 0 fully saturated rings. The fourth-order valence-electron chi connectivity index (χ4n) is 3.44. The van der Waals surface area contributed by atoms with Crippen molar-refractivity contribution in [3.8, 4) is 17.2 Å². The molecule has 2 aromatic rings. The van der Waals surface area contributed by atoms with Gasteiger partial charge in [0.2, 0.25) is 0 Å². The first-order chi connectivity index (χ1) is 13.3. The third kappa shape index (κ3) is 3.86. The van der Waals surface area contributed by atoms with E-state index in [0.717, 1.165) is 0 Å². The van der Waals surface area contributed by atoms with Gasteiger partial charge in [0.25, 0.3) is 0 Å². The highest BCUT2D eigenvalue weighted by molar-refractivity contribution is 5.98. The van der Waals surface area contributed by atoms with Crippen LogP contribution in [0.25, 0.3) is 0 Å². The molecule has 0 amide bonds. The number of carbonyl (C=O) groups is 2. The number of methoxy groups -OCH3 is 2. The number of hydrogen-bond donors (Lipinski definition) is 0. The van der Waals surface area contributed by atoms with Crippen LogP contribution in [0.1, 0.15) is 58.3 Å². The van der Waals surface area contributed by atoms with E-state index in [2.05, 4.69) is 0 Å². The monoisotopic (exact) mass is 386 g/mol. The molecule has 1 heterocycles. The van der Waals surface area contributed by atoms with Gasteiger partial charge in [0.15, 0.2) is 12.1 Å². The van der Waals surface area contributed by atoms with Gasteiger partial charge < -0.3 is 14.2 Å². The summed E-state index contributed by atoms with van der Waals surface area (Å²) in [7, 11) is 2.89. The van der Waals surface area contributed by atoms with Crippen LogP contribution in [-0.2, 0) is 6.42 Å². The summed E-state index contributed by atoms with van der Waals surface area (Å²) in [6, 6.07) is 8.11. The van der Waals surface area contributed by atoms with Crippen molar-refractivity contribution in [1.82, 2.24) is 0 Å². The van der Waals surface area contributed by atoms with Crippen LogP contribution in [-0.4, -0.2) is 31.9 Å². The number of ether oxygens (including phenoxy) is 3. The summed E-state index contributed by atoms with van der Waals surface area (Å²) < 4.78 is 30.8. The SMILES string of the molecule is COc1cc(CC(=O)c2ccc3c(c2)C(F)CC(C)(C)O3)cc(OC)c1C=O. The average molecular weight is 386 g/mol. The summed E-state index contributed by atoms with van der Waals surface area (Å²) >= 11 is 0. The minimum absolute atomic E-state index is 0.0634. The maximum Gasteiger partial charge on any atom is 0.167 e. The van der Waals surface area contributed by atoms with Gasteiger partial charge >= 0.3 is 0 Å². The normalized spacial score (nSPS) is 17.2. The Balaban J connectivity index is 1.88. The zero-order valence-corrected chi connectivity index (χ0v) is 16.4. The lowest BCUT2D eigenvalue weighted by molar-refractivity contribution is 0.0443. The lowest BCUT2D eigenvalue weighted by atomic mass is 9.90. The van der Waals surface area contributed by atoms with Gasteiger partial charge in [0.05, 0.1) is 19.8 Å². The lowest BCUT2D eigenvalue weighted by Crippen LogP contribution is -2.33. The highest BCUT2D eigenvalue weighted by atomic mass is 19.1. The van der Waals surface area contributed by atoms with E-state index in [-0.39, 0.29) is 24.2 Å². The summed E-state index contributed by atoms with van der Waals surface area (Å²) in [4.78, 5) is 24.0. The van der Waals surface area contributed by atoms with Crippen molar-refractivity contribution in [1.29, 1.82) is 0 Å². The Morgan fingerprint density at radius 1 is 1.21 bits per heavy atom. The van der Waals surface area contributed by atoms with E-state index in [9.17, 15) is 14.0 Å². The van der Waals surface area contributed by atoms with Gasteiger partial charge in [0, 0.05) is 24.0 Å². The summed E-state index contributed by atoms with van der Waals surface area (Å²) in [5, 5.41) is 0. The van der Waals surface area contributed by atoms with Crippen molar-refractivity contribution in [2.75, 3.05) is 14.2 Å². The van der Waals surface area contributed by atoms with E-state index in [1.807, 2.05) is 13.8 Å². The van der Waals surface area contributed by atoms with E-state index < -0.39 is 11.8 Å². The molecular weight excluding hydrogens is 363 g/mol. The average Bonchev–Trinajstić information content (AvgIpc) is 2.65. The fraction of sp³-hybridized carbons (Fsp3) is 0.364. The standard InChI is InChI=1S/C22H23FO5/c1-22(2)11-17(23)15-10-14(5-6-19(15)28-22)18(25)7-13-8-20(26-3)16(12-24)21(9-13)27-4/h5-6,8-10,12,17H,7,11H2,1-4H3. The van der Waals surface area contributed by atoms with Crippen LogP contribution in [0.4, 0.5) is 4.39 Å². The largest absolute Gasteiger partial charge is 0.496 e. The van der Waals surface area contributed by atoms with Crippen LogP contribution in [0.5, 0.6) is 17.2 Å². The van der Waals surface area contributed by atoms with Gasteiger partial charge in [-0.05, 0) is 49.7 Å². The highest BCUT2D eigenvalue weighted by Gasteiger charge is 2.34. The molecular formula is C22H23FO5. The lowest BCUT2D eigenvalue weighted by Gasteiger charge is -2.34. The molecule has 1 aliphatic heterocycles. The molecule has 1 aliphatic rings.